The van der Waals surface area contributed by atoms with Gasteiger partial charge in [-0.1, -0.05) is 0 Å². The lowest BCUT2D eigenvalue weighted by Gasteiger charge is -2.29. The first-order valence-electron chi connectivity index (χ1n) is 10.5. The highest BCUT2D eigenvalue weighted by molar-refractivity contribution is 5.94. The maximum absolute atomic E-state index is 13.0. The number of hydrogen-bond donors (Lipinski definition) is 3. The molecular weight excluding hydrogens is 414 g/mol. The normalized spacial score (nSPS) is 19.7. The summed E-state index contributed by atoms with van der Waals surface area (Å²) in [7, 11) is 0. The van der Waals surface area contributed by atoms with Crippen molar-refractivity contribution < 1.29 is 27.2 Å². The quantitative estimate of drug-likeness (QED) is 0.557. The second kappa shape index (κ2) is 10.4. The molecule has 5 nitrogen and oxygen atoms in total. The molecule has 1 aromatic rings. The fourth-order valence-electron chi connectivity index (χ4n) is 3.67. The van der Waals surface area contributed by atoms with E-state index in [1.807, 2.05) is 20.8 Å². The lowest BCUT2D eigenvalue weighted by molar-refractivity contribution is -0.137. The number of benzene rings is 1. The van der Waals surface area contributed by atoms with Gasteiger partial charge in [-0.2, -0.15) is 13.2 Å². The van der Waals surface area contributed by atoms with E-state index in [9.17, 15) is 27.2 Å². The maximum atomic E-state index is 13.0. The Morgan fingerprint density at radius 2 is 1.68 bits per heavy atom. The van der Waals surface area contributed by atoms with Crippen LogP contribution in [-0.2, 0) is 17.6 Å². The van der Waals surface area contributed by atoms with Crippen LogP contribution in [0.15, 0.2) is 18.2 Å². The Balaban J connectivity index is 1.80. The highest BCUT2D eigenvalue weighted by Gasteiger charge is 2.32. The topological polar surface area (TPSA) is 70.2 Å². The standard InChI is InChI=1S/C22H31F4N3O2/c1-21(2,3)29-19(30)13-27-18-6-4-14(5-7-18)12-28-20(31)16-8-15(11-23)9-17(10-16)22(24,25)26/h8-10,14,18,27H,4-7,11-13H2,1-3H3,(H,28,31)(H,29,30)/t14-,18-. The molecule has 0 heterocycles. The molecule has 31 heavy (non-hydrogen) atoms. The number of carbonyl (C=O) groups excluding carboxylic acids is 2. The molecule has 1 fully saturated rings. The van der Waals surface area contributed by atoms with E-state index >= 15 is 0 Å². The van der Waals surface area contributed by atoms with Gasteiger partial charge in [0.15, 0.2) is 0 Å². The fraction of sp³-hybridized carbons (Fsp3) is 0.636. The number of halogens is 4. The van der Waals surface area contributed by atoms with E-state index in [2.05, 4.69) is 16.0 Å². The average Bonchev–Trinajstić information content (AvgIpc) is 2.69. The molecule has 0 saturated heterocycles. The van der Waals surface area contributed by atoms with E-state index in [0.717, 1.165) is 37.8 Å². The van der Waals surface area contributed by atoms with Crippen LogP contribution in [-0.4, -0.2) is 36.5 Å². The summed E-state index contributed by atoms with van der Waals surface area (Å²) in [6.07, 6.45) is -1.29. The molecule has 0 bridgehead atoms. The van der Waals surface area contributed by atoms with Crippen LogP contribution in [0.1, 0.15) is 67.9 Å². The highest BCUT2D eigenvalue weighted by Crippen LogP contribution is 2.31. The van der Waals surface area contributed by atoms with Crippen molar-refractivity contribution in [3.05, 3.63) is 34.9 Å². The van der Waals surface area contributed by atoms with Gasteiger partial charge < -0.3 is 16.0 Å². The first kappa shape index (κ1) is 25.1. The minimum absolute atomic E-state index is 0.0596. The highest BCUT2D eigenvalue weighted by atomic mass is 19.4. The summed E-state index contributed by atoms with van der Waals surface area (Å²) in [5.74, 6) is -0.493. The van der Waals surface area contributed by atoms with Crippen LogP contribution >= 0.6 is 0 Å². The molecule has 2 amide bonds. The first-order chi connectivity index (χ1) is 14.4. The predicted molar refractivity (Wildman–Crippen MR) is 110 cm³/mol. The number of hydrogen-bond acceptors (Lipinski definition) is 3. The molecular formula is C22H31F4N3O2. The van der Waals surface area contributed by atoms with Crippen molar-refractivity contribution in [2.45, 2.75) is 70.9 Å². The van der Waals surface area contributed by atoms with Gasteiger partial charge in [-0.3, -0.25) is 9.59 Å². The van der Waals surface area contributed by atoms with E-state index in [4.69, 9.17) is 0 Å². The second-order valence-electron chi connectivity index (χ2n) is 9.16. The zero-order valence-corrected chi connectivity index (χ0v) is 18.2. The summed E-state index contributed by atoms with van der Waals surface area (Å²) in [6, 6.07) is 2.83. The van der Waals surface area contributed by atoms with Gasteiger partial charge in [0.05, 0.1) is 12.1 Å². The van der Waals surface area contributed by atoms with Crippen molar-refractivity contribution in [3.8, 4) is 0 Å². The minimum atomic E-state index is -4.64. The van der Waals surface area contributed by atoms with Crippen LogP contribution < -0.4 is 16.0 Å². The third kappa shape index (κ3) is 8.47. The van der Waals surface area contributed by atoms with Crippen molar-refractivity contribution in [1.82, 2.24) is 16.0 Å². The third-order valence-electron chi connectivity index (χ3n) is 5.20. The molecule has 174 valence electrons. The predicted octanol–water partition coefficient (Wildman–Crippen LogP) is 3.97. The molecule has 0 aromatic heterocycles. The minimum Gasteiger partial charge on any atom is -0.352 e. The summed E-state index contributed by atoms with van der Waals surface area (Å²) >= 11 is 0. The van der Waals surface area contributed by atoms with Gasteiger partial charge >= 0.3 is 6.18 Å². The third-order valence-corrected chi connectivity index (χ3v) is 5.20. The monoisotopic (exact) mass is 445 g/mol. The Labute approximate surface area is 180 Å². The Morgan fingerprint density at radius 1 is 1.03 bits per heavy atom. The van der Waals surface area contributed by atoms with E-state index in [1.54, 1.807) is 0 Å². The van der Waals surface area contributed by atoms with Crippen molar-refractivity contribution >= 4 is 11.8 Å². The largest absolute Gasteiger partial charge is 0.416 e. The molecule has 1 aliphatic rings. The van der Waals surface area contributed by atoms with Crippen LogP contribution in [0.25, 0.3) is 0 Å². The zero-order valence-electron chi connectivity index (χ0n) is 18.2. The fourth-order valence-corrected chi connectivity index (χ4v) is 3.67. The lowest BCUT2D eigenvalue weighted by Crippen LogP contribution is -2.47. The number of amides is 2. The molecule has 1 saturated carbocycles. The van der Waals surface area contributed by atoms with Gasteiger partial charge in [0.25, 0.3) is 5.91 Å². The van der Waals surface area contributed by atoms with Crippen LogP contribution in [0.4, 0.5) is 17.6 Å². The van der Waals surface area contributed by atoms with Crippen molar-refractivity contribution in [3.63, 3.8) is 0 Å². The molecule has 0 unspecified atom stereocenters. The summed E-state index contributed by atoms with van der Waals surface area (Å²) in [4.78, 5) is 24.2. The molecule has 9 heteroatoms. The number of nitrogens with one attached hydrogen (secondary N) is 3. The Hall–Kier alpha value is -2.16. The molecule has 1 aromatic carbocycles. The van der Waals surface area contributed by atoms with Gasteiger partial charge in [-0.25, -0.2) is 4.39 Å². The van der Waals surface area contributed by atoms with Gasteiger partial charge in [0.2, 0.25) is 5.91 Å². The van der Waals surface area contributed by atoms with Crippen LogP contribution in [0.3, 0.4) is 0 Å². The van der Waals surface area contributed by atoms with Gasteiger partial charge in [-0.05, 0) is 76.1 Å². The SMILES string of the molecule is CC(C)(C)NC(=O)CN[C@H]1CC[C@H](CNC(=O)c2cc(CF)cc(C(F)(F)F)c2)CC1. The van der Waals surface area contributed by atoms with E-state index in [-0.39, 0.29) is 41.1 Å². The summed E-state index contributed by atoms with van der Waals surface area (Å²) in [5, 5.41) is 8.82. The molecule has 0 atom stereocenters. The molecule has 0 aliphatic heterocycles. The van der Waals surface area contributed by atoms with Gasteiger partial charge in [0, 0.05) is 23.7 Å². The van der Waals surface area contributed by atoms with E-state index in [1.165, 1.54) is 0 Å². The van der Waals surface area contributed by atoms with Crippen LogP contribution in [0, 0.1) is 5.92 Å². The summed E-state index contributed by atoms with van der Waals surface area (Å²) < 4.78 is 51.8. The molecule has 1 aliphatic carbocycles. The smallest absolute Gasteiger partial charge is 0.352 e. The van der Waals surface area contributed by atoms with Crippen LogP contribution in [0.2, 0.25) is 0 Å². The Bertz CT molecular complexity index is 767. The molecule has 0 radical (unpaired) electrons. The summed E-state index contributed by atoms with van der Waals surface area (Å²) in [6.45, 7) is 5.27. The number of rotatable bonds is 7. The summed E-state index contributed by atoms with van der Waals surface area (Å²) in [5.41, 5.74) is -1.68. The lowest BCUT2D eigenvalue weighted by atomic mass is 9.86. The average molecular weight is 446 g/mol. The van der Waals surface area contributed by atoms with Crippen molar-refractivity contribution in [2.24, 2.45) is 5.92 Å². The molecule has 3 N–H and O–H groups in total. The molecule has 0 spiro atoms. The second-order valence-corrected chi connectivity index (χ2v) is 9.16. The van der Waals surface area contributed by atoms with Gasteiger partial charge in [-0.15, -0.1) is 0 Å². The van der Waals surface area contributed by atoms with E-state index in [0.29, 0.717) is 12.6 Å². The number of alkyl halides is 4. The Morgan fingerprint density at radius 3 is 2.23 bits per heavy atom. The van der Waals surface area contributed by atoms with E-state index < -0.39 is 24.3 Å². The first-order valence-corrected chi connectivity index (χ1v) is 10.5. The maximum Gasteiger partial charge on any atom is 0.416 e. The van der Waals surface area contributed by atoms with Crippen molar-refractivity contribution in [2.75, 3.05) is 13.1 Å². The Kier molecular flexibility index (Phi) is 8.45. The number of carbonyl (C=O) groups is 2. The zero-order chi connectivity index (χ0) is 23.2. The van der Waals surface area contributed by atoms with Crippen molar-refractivity contribution in [1.29, 1.82) is 0 Å². The molecule has 2 rings (SSSR count). The van der Waals surface area contributed by atoms with Gasteiger partial charge in [0.1, 0.15) is 6.67 Å². The van der Waals surface area contributed by atoms with Crippen LogP contribution in [0.5, 0.6) is 0 Å².